The molecular formula is C22H25N6O3W-. The first-order chi connectivity index (χ1) is 15.1. The number of H-pyrrole nitrogens is 1. The average molecular weight is 605 g/mol. The van der Waals surface area contributed by atoms with E-state index in [0.717, 1.165) is 58.8 Å². The second-order valence-electron chi connectivity index (χ2n) is 8.12. The third kappa shape index (κ3) is 4.43. The van der Waals surface area contributed by atoms with E-state index in [4.69, 9.17) is 15.2 Å². The Hall–Kier alpha value is -2.32. The van der Waals surface area contributed by atoms with E-state index in [1.165, 1.54) is 0 Å². The Balaban J connectivity index is 0.00000245. The number of nitrogens with zero attached hydrogens (tertiary/aromatic N) is 3. The molecule has 0 spiro atoms. The molecule has 0 bridgehead atoms. The molecule has 0 atom stereocenters. The summed E-state index contributed by atoms with van der Waals surface area (Å²) in [6.45, 7) is 3.34. The molecule has 0 radical (unpaired) electrons. The summed E-state index contributed by atoms with van der Waals surface area (Å²) in [6, 6.07) is 8.41. The number of fused-ring (bicyclic) bond motifs is 2. The van der Waals surface area contributed by atoms with Crippen molar-refractivity contribution in [1.29, 1.82) is 0 Å². The second kappa shape index (κ2) is 9.66. The van der Waals surface area contributed by atoms with Crippen LogP contribution in [0.25, 0.3) is 27.6 Å². The predicted molar refractivity (Wildman–Crippen MR) is 117 cm³/mol. The average Bonchev–Trinajstić information content (AvgIpc) is 3.17. The second-order valence-corrected chi connectivity index (χ2v) is 8.12. The molecule has 1 aromatic carbocycles. The van der Waals surface area contributed by atoms with Gasteiger partial charge in [-0.05, 0) is 31.9 Å². The van der Waals surface area contributed by atoms with Crippen LogP contribution in [0.3, 0.4) is 0 Å². The molecular weight excluding hydrogens is 580 g/mol. The van der Waals surface area contributed by atoms with Crippen molar-refractivity contribution in [3.05, 3.63) is 46.5 Å². The van der Waals surface area contributed by atoms with Crippen LogP contribution in [0.5, 0.6) is 0 Å². The summed E-state index contributed by atoms with van der Waals surface area (Å²) in [5, 5.41) is 19.3. The molecule has 0 saturated heterocycles. The van der Waals surface area contributed by atoms with Crippen molar-refractivity contribution in [2.24, 2.45) is 0 Å². The summed E-state index contributed by atoms with van der Waals surface area (Å²) in [5.41, 5.74) is 5.95. The maximum Gasteiger partial charge on any atom is 0.253 e. The molecule has 1 amide bonds. The number of hydrogen-bond acceptors (Lipinski definition) is 6. The molecule has 10 heteroatoms. The largest absolute Gasteiger partial charge is 0.657 e. The third-order valence-electron chi connectivity index (χ3n) is 5.99. The maximum absolute atomic E-state index is 12.2. The summed E-state index contributed by atoms with van der Waals surface area (Å²) in [5.74, 6) is 0.736. The SMILES string of the molecule is Cc1nc2cccc(-c3cc4c([nH]3)CCNC4=O)c2nc1NC1CC([N-]CCOO)C1.[W]. The van der Waals surface area contributed by atoms with E-state index in [1.54, 1.807) is 0 Å². The van der Waals surface area contributed by atoms with Gasteiger partial charge >= 0.3 is 0 Å². The predicted octanol–water partition coefficient (Wildman–Crippen LogP) is 3.02. The fourth-order valence-electron chi connectivity index (χ4n) is 4.28. The molecule has 1 aliphatic heterocycles. The van der Waals surface area contributed by atoms with Gasteiger partial charge in [0.1, 0.15) is 11.3 Å². The number of aromatic nitrogens is 3. The minimum Gasteiger partial charge on any atom is -0.657 e. The van der Waals surface area contributed by atoms with Crippen molar-refractivity contribution in [3.8, 4) is 11.3 Å². The number of rotatable bonds is 7. The van der Waals surface area contributed by atoms with Gasteiger partial charge in [-0.15, -0.1) is 12.6 Å². The molecule has 2 aliphatic rings. The number of amides is 1. The minimum absolute atomic E-state index is 0. The summed E-state index contributed by atoms with van der Waals surface area (Å²) in [6.07, 6.45) is 2.64. The first-order valence-electron chi connectivity index (χ1n) is 10.6. The smallest absolute Gasteiger partial charge is 0.253 e. The molecule has 2 aromatic heterocycles. The molecule has 1 aliphatic carbocycles. The third-order valence-corrected chi connectivity index (χ3v) is 5.99. The van der Waals surface area contributed by atoms with Crippen LogP contribution in [0.15, 0.2) is 24.3 Å². The summed E-state index contributed by atoms with van der Waals surface area (Å²) >= 11 is 0. The van der Waals surface area contributed by atoms with Crippen molar-refractivity contribution >= 4 is 22.8 Å². The molecule has 5 rings (SSSR count). The van der Waals surface area contributed by atoms with Crippen molar-refractivity contribution in [2.75, 3.05) is 25.0 Å². The monoisotopic (exact) mass is 605 g/mol. The molecule has 1 fully saturated rings. The summed E-state index contributed by atoms with van der Waals surface area (Å²) < 4.78 is 0. The van der Waals surface area contributed by atoms with Gasteiger partial charge in [-0.1, -0.05) is 12.1 Å². The van der Waals surface area contributed by atoms with Gasteiger partial charge in [0, 0.05) is 57.0 Å². The Labute approximate surface area is 199 Å². The number of nitrogens with one attached hydrogen (secondary N) is 3. The zero-order valence-electron chi connectivity index (χ0n) is 17.7. The number of anilines is 1. The van der Waals surface area contributed by atoms with Crippen LogP contribution in [0, 0.1) is 6.92 Å². The van der Waals surface area contributed by atoms with Crippen LogP contribution in [-0.2, 0) is 32.4 Å². The zero-order chi connectivity index (χ0) is 21.4. The molecule has 4 N–H and O–H groups in total. The fourth-order valence-corrected chi connectivity index (χ4v) is 4.28. The number of para-hydroxylation sites is 1. The minimum atomic E-state index is -0.0382. The Bertz CT molecular complexity index is 1130. The number of carbonyl (C=O) groups is 1. The molecule has 0 unspecified atom stereocenters. The number of benzene rings is 1. The van der Waals surface area contributed by atoms with Gasteiger partial charge in [-0.3, -0.25) is 10.1 Å². The summed E-state index contributed by atoms with van der Waals surface area (Å²) in [4.78, 5) is 29.3. The standard InChI is InChI=1S/C22H25N6O3.W/c1-12-21(26-14-9-13(10-14)23-7-8-31-30)28-20-15(3-2-4-18(20)25-12)19-11-16-17(27-19)5-6-24-22(16)29;/h2-4,11,13-14,27,30H,5-10H2,1H3,(H,24,29)(H,26,28);/q-1;. The van der Waals surface area contributed by atoms with Gasteiger partial charge in [0.25, 0.3) is 5.91 Å². The van der Waals surface area contributed by atoms with Gasteiger partial charge in [0.05, 0.1) is 23.4 Å². The molecule has 3 aromatic rings. The number of aryl methyl sites for hydroxylation is 1. The maximum atomic E-state index is 12.2. The van der Waals surface area contributed by atoms with Gasteiger partial charge in [0.15, 0.2) is 0 Å². The first kappa shape index (κ1) is 22.9. The Morgan fingerprint density at radius 1 is 1.28 bits per heavy atom. The van der Waals surface area contributed by atoms with E-state index in [1.807, 2.05) is 31.2 Å². The molecule has 9 nitrogen and oxygen atoms in total. The van der Waals surface area contributed by atoms with Crippen molar-refractivity contribution in [3.63, 3.8) is 0 Å². The Morgan fingerprint density at radius 2 is 2.12 bits per heavy atom. The van der Waals surface area contributed by atoms with E-state index in [9.17, 15) is 4.79 Å². The van der Waals surface area contributed by atoms with E-state index in [-0.39, 0.29) is 39.6 Å². The quantitative estimate of drug-likeness (QED) is 0.187. The van der Waals surface area contributed by atoms with Crippen LogP contribution in [0.2, 0.25) is 0 Å². The van der Waals surface area contributed by atoms with Crippen molar-refractivity contribution in [1.82, 2.24) is 20.3 Å². The first-order valence-corrected chi connectivity index (χ1v) is 10.6. The molecule has 32 heavy (non-hydrogen) atoms. The van der Waals surface area contributed by atoms with E-state index >= 15 is 0 Å². The van der Waals surface area contributed by atoms with E-state index in [2.05, 4.69) is 25.8 Å². The Morgan fingerprint density at radius 3 is 2.91 bits per heavy atom. The van der Waals surface area contributed by atoms with Gasteiger partial charge in [-0.2, -0.15) is 0 Å². The van der Waals surface area contributed by atoms with Crippen molar-refractivity contribution in [2.45, 2.75) is 38.3 Å². The number of aromatic amines is 1. The van der Waals surface area contributed by atoms with E-state index < -0.39 is 0 Å². The molecule has 3 heterocycles. The van der Waals surface area contributed by atoms with Crippen LogP contribution in [0.4, 0.5) is 5.82 Å². The van der Waals surface area contributed by atoms with E-state index in [0.29, 0.717) is 24.7 Å². The zero-order valence-corrected chi connectivity index (χ0v) is 20.7. The molecule has 168 valence electrons. The fraction of sp³-hybridized carbons (Fsp3) is 0.409. The van der Waals surface area contributed by atoms with Crippen molar-refractivity contribution < 1.29 is 36.0 Å². The number of carbonyl (C=O) groups excluding carboxylic acids is 1. The van der Waals surface area contributed by atoms with Gasteiger partial charge < -0.3 is 20.9 Å². The van der Waals surface area contributed by atoms with Crippen LogP contribution >= 0.6 is 0 Å². The topological polar surface area (TPSA) is 126 Å². The Kier molecular flexibility index (Phi) is 6.90. The van der Waals surface area contributed by atoms with Crippen LogP contribution in [-0.4, -0.2) is 57.9 Å². The normalized spacial score (nSPS) is 19.6. The van der Waals surface area contributed by atoms with Gasteiger partial charge in [-0.25, -0.2) is 14.9 Å². The molecule has 1 saturated carbocycles. The van der Waals surface area contributed by atoms with Crippen LogP contribution < -0.4 is 10.6 Å². The summed E-state index contributed by atoms with van der Waals surface area (Å²) in [7, 11) is 0. The van der Waals surface area contributed by atoms with Gasteiger partial charge in [0.2, 0.25) is 0 Å². The van der Waals surface area contributed by atoms with Crippen LogP contribution in [0.1, 0.15) is 34.6 Å². The number of hydrogen-bond donors (Lipinski definition) is 4.